The summed E-state index contributed by atoms with van der Waals surface area (Å²) in [4.78, 5) is 18.4. The Kier molecular flexibility index (Phi) is 4.10. The van der Waals surface area contributed by atoms with Crippen LogP contribution < -0.4 is 0 Å². The molecule has 22 heavy (non-hydrogen) atoms. The van der Waals surface area contributed by atoms with Crippen molar-refractivity contribution in [1.82, 2.24) is 14.4 Å². The van der Waals surface area contributed by atoms with E-state index in [9.17, 15) is 4.79 Å². The van der Waals surface area contributed by atoms with Crippen molar-refractivity contribution in [2.24, 2.45) is 0 Å². The van der Waals surface area contributed by atoms with Crippen LogP contribution in [0.25, 0.3) is 10.2 Å². The summed E-state index contributed by atoms with van der Waals surface area (Å²) in [5, 5.41) is 0. The molecule has 0 atom stereocenters. The summed E-state index contributed by atoms with van der Waals surface area (Å²) < 4.78 is 3.32. The summed E-state index contributed by atoms with van der Waals surface area (Å²) in [5.74, 6) is 0.149. The van der Waals surface area contributed by atoms with E-state index < -0.39 is 0 Å². The van der Waals surface area contributed by atoms with Gasteiger partial charge in [-0.3, -0.25) is 4.79 Å². The smallest absolute Gasteiger partial charge is 0.270 e. The highest BCUT2D eigenvalue weighted by atomic mass is 32.1. The van der Waals surface area contributed by atoms with Crippen LogP contribution in [-0.4, -0.2) is 53.5 Å². The van der Waals surface area contributed by atoms with Crippen molar-refractivity contribution in [2.45, 2.75) is 20.4 Å². The topological polar surface area (TPSA) is 28.5 Å². The van der Waals surface area contributed by atoms with Crippen LogP contribution in [0.1, 0.15) is 22.3 Å². The van der Waals surface area contributed by atoms with Crippen LogP contribution in [0.5, 0.6) is 0 Å². The number of fused-ring (bicyclic) bond motifs is 1. The summed E-state index contributed by atoms with van der Waals surface area (Å²) >= 11 is 1.75. The molecule has 0 unspecified atom stereocenters. The molecule has 0 spiro atoms. The van der Waals surface area contributed by atoms with E-state index in [2.05, 4.69) is 42.2 Å². The molecule has 1 amide bonds. The van der Waals surface area contributed by atoms with Gasteiger partial charge in [-0.2, -0.15) is 0 Å². The zero-order valence-electron chi connectivity index (χ0n) is 13.6. The van der Waals surface area contributed by atoms with Gasteiger partial charge in [0.2, 0.25) is 0 Å². The first kappa shape index (κ1) is 15.3. The Morgan fingerprint density at radius 1 is 1.27 bits per heavy atom. The van der Waals surface area contributed by atoms with E-state index in [0.29, 0.717) is 6.54 Å². The average molecular weight is 317 g/mol. The molecule has 0 aliphatic carbocycles. The maximum absolute atomic E-state index is 12.9. The number of likely N-dealkylation sites (N-methyl/N-ethyl adjacent to an activating group) is 1. The lowest BCUT2D eigenvalue weighted by atomic mass is 10.2. The maximum atomic E-state index is 12.9. The van der Waals surface area contributed by atoms with Crippen molar-refractivity contribution in [3.8, 4) is 0 Å². The summed E-state index contributed by atoms with van der Waals surface area (Å²) in [6.07, 6.45) is 0. The quantitative estimate of drug-likeness (QED) is 0.814. The predicted molar refractivity (Wildman–Crippen MR) is 92.8 cm³/mol. The van der Waals surface area contributed by atoms with Crippen molar-refractivity contribution in [2.75, 3.05) is 33.2 Å². The number of carbonyl (C=O) groups excluding carboxylic acids is 1. The normalized spacial score (nSPS) is 16.4. The molecule has 1 aliphatic heterocycles. The van der Waals surface area contributed by atoms with Crippen LogP contribution in [0.4, 0.5) is 0 Å². The molecular weight excluding hydrogens is 294 g/mol. The van der Waals surface area contributed by atoms with Crippen LogP contribution >= 0.6 is 11.3 Å². The molecule has 1 aliphatic rings. The van der Waals surface area contributed by atoms with Gasteiger partial charge in [-0.15, -0.1) is 11.3 Å². The maximum Gasteiger partial charge on any atom is 0.270 e. The fraction of sp³-hybridized carbons (Fsp3) is 0.471. The van der Waals surface area contributed by atoms with Gasteiger partial charge in [0.1, 0.15) is 5.69 Å². The third-order valence-corrected chi connectivity index (χ3v) is 5.14. The summed E-state index contributed by atoms with van der Waals surface area (Å²) in [7, 11) is 2.10. The Morgan fingerprint density at radius 2 is 1.95 bits per heavy atom. The van der Waals surface area contributed by atoms with Crippen LogP contribution in [0.15, 0.2) is 24.3 Å². The van der Waals surface area contributed by atoms with Gasteiger partial charge in [0.25, 0.3) is 5.91 Å². The Hall–Kier alpha value is -1.59. The Bertz CT molecular complexity index is 720. The van der Waals surface area contributed by atoms with Crippen molar-refractivity contribution < 1.29 is 4.79 Å². The minimum absolute atomic E-state index is 0.149. The average Bonchev–Trinajstić information content (AvgIpc) is 2.96. The minimum Gasteiger partial charge on any atom is -0.335 e. The number of carbonyl (C=O) groups is 1. The molecule has 3 heterocycles. The molecule has 0 N–H and O–H groups in total. The molecule has 118 valence electrons. The Morgan fingerprint density at radius 3 is 2.59 bits per heavy atom. The number of thiophene rings is 1. The second-order valence-corrected chi connectivity index (χ2v) is 7.56. The lowest BCUT2D eigenvalue weighted by Crippen LogP contribution is -2.47. The second kappa shape index (κ2) is 5.89. The molecule has 0 saturated carbocycles. The summed E-state index contributed by atoms with van der Waals surface area (Å²) in [6.45, 7) is 12.3. The molecule has 0 bridgehead atoms. The van der Waals surface area contributed by atoms with Crippen LogP contribution in [0.3, 0.4) is 0 Å². The number of hydrogen-bond acceptors (Lipinski definition) is 3. The van der Waals surface area contributed by atoms with E-state index in [4.69, 9.17) is 0 Å². The number of rotatable bonds is 3. The Labute approximate surface area is 135 Å². The first-order valence-corrected chi connectivity index (χ1v) is 8.49. The molecule has 1 saturated heterocycles. The lowest BCUT2D eigenvalue weighted by molar-refractivity contribution is 0.0654. The molecule has 3 rings (SSSR count). The minimum atomic E-state index is 0.149. The third-order valence-electron chi connectivity index (χ3n) is 4.15. The van der Waals surface area contributed by atoms with E-state index in [1.54, 1.807) is 11.3 Å². The van der Waals surface area contributed by atoms with Crippen molar-refractivity contribution in [3.63, 3.8) is 0 Å². The molecule has 4 nitrogen and oxygen atoms in total. The van der Waals surface area contributed by atoms with E-state index in [-0.39, 0.29) is 5.91 Å². The van der Waals surface area contributed by atoms with Crippen molar-refractivity contribution >= 4 is 27.5 Å². The highest BCUT2D eigenvalue weighted by molar-refractivity contribution is 7.19. The van der Waals surface area contributed by atoms with Gasteiger partial charge >= 0.3 is 0 Å². The van der Waals surface area contributed by atoms with Crippen LogP contribution in [0.2, 0.25) is 0 Å². The van der Waals surface area contributed by atoms with Crippen LogP contribution in [0, 0.1) is 6.92 Å². The number of piperazine rings is 1. The van der Waals surface area contributed by atoms with E-state index >= 15 is 0 Å². The van der Waals surface area contributed by atoms with E-state index in [1.807, 2.05) is 11.8 Å². The number of nitrogens with zero attached hydrogens (tertiary/aromatic N) is 3. The van der Waals surface area contributed by atoms with Gasteiger partial charge in [-0.1, -0.05) is 12.2 Å². The van der Waals surface area contributed by atoms with E-state index in [1.165, 1.54) is 9.58 Å². The molecule has 5 heteroatoms. The fourth-order valence-electron chi connectivity index (χ4n) is 2.95. The summed E-state index contributed by atoms with van der Waals surface area (Å²) in [6, 6.07) is 4.22. The van der Waals surface area contributed by atoms with Crippen molar-refractivity contribution in [3.05, 3.63) is 34.9 Å². The molecule has 1 fully saturated rings. The van der Waals surface area contributed by atoms with Gasteiger partial charge < -0.3 is 14.4 Å². The first-order valence-electron chi connectivity index (χ1n) is 7.67. The number of aryl methyl sites for hydroxylation is 1. The van der Waals surface area contributed by atoms with E-state index in [0.717, 1.165) is 43.0 Å². The SMILES string of the molecule is C=C(C)Cn1c(C(=O)N2CCN(C)CC2)cc2sc(C)cc21. The van der Waals surface area contributed by atoms with Crippen LogP contribution in [-0.2, 0) is 6.54 Å². The zero-order valence-corrected chi connectivity index (χ0v) is 14.4. The molecule has 2 aromatic heterocycles. The fourth-order valence-corrected chi connectivity index (χ4v) is 3.92. The van der Waals surface area contributed by atoms with Gasteiger partial charge in [0.05, 0.1) is 10.2 Å². The van der Waals surface area contributed by atoms with Gasteiger partial charge in [-0.05, 0) is 33.0 Å². The highest BCUT2D eigenvalue weighted by Crippen LogP contribution is 2.30. The monoisotopic (exact) mass is 317 g/mol. The standard InChI is InChI=1S/C17H23N3OS/c1-12(2)11-20-14-9-13(3)22-16(14)10-15(20)17(21)19-7-5-18(4)6-8-19/h9-10H,1,5-8,11H2,2-4H3. The molecular formula is C17H23N3OS. The lowest BCUT2D eigenvalue weighted by Gasteiger charge is -2.32. The first-order chi connectivity index (χ1) is 10.5. The number of aromatic nitrogens is 1. The zero-order chi connectivity index (χ0) is 15.9. The Balaban J connectivity index is 1.96. The highest BCUT2D eigenvalue weighted by Gasteiger charge is 2.24. The number of allylic oxidation sites excluding steroid dienone is 1. The van der Waals surface area contributed by atoms with Gasteiger partial charge in [0.15, 0.2) is 0 Å². The number of amides is 1. The molecule has 0 aromatic carbocycles. The van der Waals surface area contributed by atoms with Crippen molar-refractivity contribution in [1.29, 1.82) is 0 Å². The third kappa shape index (κ3) is 2.83. The summed E-state index contributed by atoms with van der Waals surface area (Å²) in [5.41, 5.74) is 3.02. The van der Waals surface area contributed by atoms with Gasteiger partial charge in [0, 0.05) is 37.6 Å². The largest absolute Gasteiger partial charge is 0.335 e. The predicted octanol–water partition coefficient (Wildman–Crippen LogP) is 2.97. The molecule has 0 radical (unpaired) electrons. The molecule has 2 aromatic rings. The van der Waals surface area contributed by atoms with Gasteiger partial charge in [-0.25, -0.2) is 0 Å². The second-order valence-electron chi connectivity index (χ2n) is 6.27. The number of hydrogen-bond donors (Lipinski definition) is 0.